The van der Waals surface area contributed by atoms with Crippen molar-refractivity contribution < 1.29 is 9.59 Å². The van der Waals surface area contributed by atoms with Gasteiger partial charge in [-0.2, -0.15) is 5.10 Å². The lowest BCUT2D eigenvalue weighted by Gasteiger charge is -2.34. The monoisotopic (exact) mass is 375 g/mol. The molecule has 7 nitrogen and oxygen atoms in total. The van der Waals surface area contributed by atoms with Crippen LogP contribution in [0.3, 0.4) is 0 Å². The second-order valence-corrected chi connectivity index (χ2v) is 7.89. The van der Waals surface area contributed by atoms with Gasteiger partial charge < -0.3 is 15.5 Å². The van der Waals surface area contributed by atoms with Crippen LogP contribution in [0.15, 0.2) is 12.4 Å². The Kier molecular flexibility index (Phi) is 6.88. The molecule has 3 atom stereocenters. The van der Waals surface area contributed by atoms with E-state index in [2.05, 4.69) is 22.7 Å². The molecule has 2 N–H and O–H groups in total. The van der Waals surface area contributed by atoms with Crippen molar-refractivity contribution in [3.8, 4) is 0 Å². The van der Waals surface area contributed by atoms with Gasteiger partial charge >= 0.3 is 0 Å². The van der Waals surface area contributed by atoms with Crippen LogP contribution in [0.2, 0.25) is 0 Å². The molecule has 0 aliphatic carbocycles. The number of nitrogens with one attached hydrogen (secondary N) is 2. The van der Waals surface area contributed by atoms with Crippen molar-refractivity contribution in [2.24, 2.45) is 0 Å². The summed E-state index contributed by atoms with van der Waals surface area (Å²) >= 11 is 0. The van der Waals surface area contributed by atoms with Crippen LogP contribution < -0.4 is 10.6 Å². The summed E-state index contributed by atoms with van der Waals surface area (Å²) in [5.41, 5.74) is 1.02. The molecular weight excluding hydrogens is 342 g/mol. The van der Waals surface area contributed by atoms with Crippen molar-refractivity contribution in [3.05, 3.63) is 18.0 Å². The van der Waals surface area contributed by atoms with E-state index < -0.39 is 0 Å². The molecule has 2 aliphatic heterocycles. The van der Waals surface area contributed by atoms with Crippen LogP contribution >= 0.6 is 0 Å². The number of likely N-dealkylation sites (tertiary alicyclic amines) is 1. The van der Waals surface area contributed by atoms with Crippen LogP contribution in [0.25, 0.3) is 0 Å². The molecule has 27 heavy (non-hydrogen) atoms. The second-order valence-electron chi connectivity index (χ2n) is 7.89. The maximum atomic E-state index is 12.7. The molecule has 2 amide bonds. The highest BCUT2D eigenvalue weighted by atomic mass is 16.2. The number of hydrogen-bond acceptors (Lipinski definition) is 4. The fourth-order valence-electron chi connectivity index (χ4n) is 4.14. The first-order valence-corrected chi connectivity index (χ1v) is 10.4. The van der Waals surface area contributed by atoms with Gasteiger partial charge in [-0.15, -0.1) is 0 Å². The smallest absolute Gasteiger partial charge is 0.224 e. The molecule has 1 aromatic heterocycles. The minimum Gasteiger partial charge on any atom is -0.348 e. The van der Waals surface area contributed by atoms with Gasteiger partial charge in [-0.3, -0.25) is 14.3 Å². The summed E-state index contributed by atoms with van der Waals surface area (Å²) in [5.74, 6) is 0.322. The zero-order valence-corrected chi connectivity index (χ0v) is 16.6. The lowest BCUT2D eigenvalue weighted by Crippen LogP contribution is -2.51. The molecule has 0 spiro atoms. The highest BCUT2D eigenvalue weighted by molar-refractivity contribution is 5.78. The molecule has 7 heteroatoms. The number of nitrogens with zero attached hydrogens (tertiary/aromatic N) is 3. The Bertz CT molecular complexity index is 636. The zero-order valence-electron chi connectivity index (χ0n) is 16.6. The van der Waals surface area contributed by atoms with Crippen LogP contribution in [0.4, 0.5) is 0 Å². The summed E-state index contributed by atoms with van der Waals surface area (Å²) in [6.45, 7) is 6.70. The van der Waals surface area contributed by atoms with Gasteiger partial charge in [-0.05, 0) is 33.1 Å². The largest absolute Gasteiger partial charge is 0.348 e. The number of aryl methyl sites for hydroxylation is 1. The van der Waals surface area contributed by atoms with Crippen molar-refractivity contribution in [2.75, 3.05) is 13.1 Å². The number of carbonyl (C=O) groups is 2. The third-order valence-corrected chi connectivity index (χ3v) is 5.68. The lowest BCUT2D eigenvalue weighted by atomic mass is 9.93. The van der Waals surface area contributed by atoms with E-state index in [9.17, 15) is 9.59 Å². The molecule has 2 fully saturated rings. The summed E-state index contributed by atoms with van der Waals surface area (Å²) in [6.07, 6.45) is 10.3. The fourth-order valence-corrected chi connectivity index (χ4v) is 4.14. The van der Waals surface area contributed by atoms with E-state index in [1.54, 1.807) is 0 Å². The van der Waals surface area contributed by atoms with Crippen molar-refractivity contribution >= 4 is 11.8 Å². The number of amides is 2. The topological polar surface area (TPSA) is 79.3 Å². The number of aromatic nitrogens is 2. The molecule has 0 saturated carbocycles. The van der Waals surface area contributed by atoms with E-state index in [1.807, 2.05) is 28.9 Å². The Morgan fingerprint density at radius 3 is 2.74 bits per heavy atom. The van der Waals surface area contributed by atoms with Gasteiger partial charge in [-0.25, -0.2) is 0 Å². The second kappa shape index (κ2) is 9.35. The Hall–Kier alpha value is -1.89. The molecule has 3 heterocycles. The SMILES string of the molecule is CCn1cc([C@@H]2NC(=O)CC[C@H]2N[C@@H](C)CC(=O)N2CCCCCC2)cn1. The Morgan fingerprint density at radius 1 is 1.33 bits per heavy atom. The number of piperidine rings is 1. The quantitative estimate of drug-likeness (QED) is 0.797. The molecule has 0 radical (unpaired) electrons. The van der Waals surface area contributed by atoms with Crippen LogP contribution in [0.5, 0.6) is 0 Å². The van der Waals surface area contributed by atoms with Crippen LogP contribution in [-0.2, 0) is 16.1 Å². The van der Waals surface area contributed by atoms with E-state index in [4.69, 9.17) is 0 Å². The third kappa shape index (κ3) is 5.31. The number of rotatable bonds is 6. The molecule has 1 aromatic rings. The van der Waals surface area contributed by atoms with Gasteiger partial charge in [0.25, 0.3) is 0 Å². The van der Waals surface area contributed by atoms with Crippen LogP contribution in [-0.4, -0.2) is 51.7 Å². The molecular formula is C20H33N5O2. The maximum Gasteiger partial charge on any atom is 0.224 e. The van der Waals surface area contributed by atoms with E-state index in [0.717, 1.165) is 44.5 Å². The average Bonchev–Trinajstić information content (AvgIpc) is 2.96. The van der Waals surface area contributed by atoms with Gasteiger partial charge in [0.2, 0.25) is 11.8 Å². The van der Waals surface area contributed by atoms with Crippen molar-refractivity contribution in [1.82, 2.24) is 25.3 Å². The van der Waals surface area contributed by atoms with Crippen molar-refractivity contribution in [1.29, 1.82) is 0 Å². The minimum absolute atomic E-state index is 0.0736. The van der Waals surface area contributed by atoms with Crippen molar-refractivity contribution in [3.63, 3.8) is 0 Å². The lowest BCUT2D eigenvalue weighted by molar-refractivity contribution is -0.132. The first kappa shape index (κ1) is 19.9. The maximum absolute atomic E-state index is 12.7. The molecule has 150 valence electrons. The average molecular weight is 376 g/mol. The predicted molar refractivity (Wildman–Crippen MR) is 104 cm³/mol. The van der Waals surface area contributed by atoms with Gasteiger partial charge in [0.15, 0.2) is 0 Å². The molecule has 0 unspecified atom stereocenters. The molecule has 0 bridgehead atoms. The molecule has 0 aromatic carbocycles. The summed E-state index contributed by atoms with van der Waals surface area (Å²) in [5, 5.41) is 11.0. The highest BCUT2D eigenvalue weighted by Crippen LogP contribution is 2.25. The molecule has 2 saturated heterocycles. The van der Waals surface area contributed by atoms with Crippen molar-refractivity contribution in [2.45, 2.75) is 83.5 Å². The Balaban J connectivity index is 1.59. The van der Waals surface area contributed by atoms with E-state index >= 15 is 0 Å². The van der Waals surface area contributed by atoms with Gasteiger partial charge in [0.1, 0.15) is 0 Å². The summed E-state index contributed by atoms with van der Waals surface area (Å²) < 4.78 is 1.87. The van der Waals surface area contributed by atoms with E-state index in [-0.39, 0.29) is 29.9 Å². The molecule has 3 rings (SSSR count). The fraction of sp³-hybridized carbons (Fsp3) is 0.750. The first-order valence-electron chi connectivity index (χ1n) is 10.4. The van der Waals surface area contributed by atoms with Gasteiger partial charge in [0.05, 0.1) is 12.2 Å². The summed E-state index contributed by atoms with van der Waals surface area (Å²) in [7, 11) is 0. The predicted octanol–water partition coefficient (Wildman–Crippen LogP) is 1.99. The Labute approximate surface area is 161 Å². The first-order chi connectivity index (χ1) is 13.1. The van der Waals surface area contributed by atoms with Gasteiger partial charge in [0, 0.05) is 56.3 Å². The normalized spacial score (nSPS) is 25.0. The summed E-state index contributed by atoms with van der Waals surface area (Å²) in [6, 6.07) is 0.0934. The van der Waals surface area contributed by atoms with Crippen LogP contribution in [0, 0.1) is 0 Å². The standard InChI is InChI=1S/C20H33N5O2/c1-3-25-14-16(13-21-25)20-17(8-9-18(26)23-20)22-15(2)12-19(27)24-10-6-4-5-7-11-24/h13-15,17,20,22H,3-12H2,1-2H3,(H,23,26)/t15-,17+,20-/m0/s1. The Morgan fingerprint density at radius 2 is 2.07 bits per heavy atom. The third-order valence-electron chi connectivity index (χ3n) is 5.68. The van der Waals surface area contributed by atoms with Crippen LogP contribution in [0.1, 0.15) is 70.4 Å². The number of hydrogen-bond donors (Lipinski definition) is 2. The highest BCUT2D eigenvalue weighted by Gasteiger charge is 2.32. The minimum atomic E-state index is -0.0951. The number of carbonyl (C=O) groups excluding carboxylic acids is 2. The van der Waals surface area contributed by atoms with E-state index in [0.29, 0.717) is 12.8 Å². The molecule has 2 aliphatic rings. The van der Waals surface area contributed by atoms with E-state index in [1.165, 1.54) is 12.8 Å². The summed E-state index contributed by atoms with van der Waals surface area (Å²) in [4.78, 5) is 26.6. The zero-order chi connectivity index (χ0) is 19.2. The van der Waals surface area contributed by atoms with Gasteiger partial charge in [-0.1, -0.05) is 12.8 Å².